The van der Waals surface area contributed by atoms with Gasteiger partial charge in [0.2, 0.25) is 5.91 Å². The fourth-order valence-corrected chi connectivity index (χ4v) is 4.20. The Balaban J connectivity index is 0.00000385. The summed E-state index contributed by atoms with van der Waals surface area (Å²) in [6, 6.07) is 2.01. The van der Waals surface area contributed by atoms with Gasteiger partial charge in [0.15, 0.2) is 0 Å². The fourth-order valence-electron chi connectivity index (χ4n) is 3.61. The topological polar surface area (TPSA) is 184 Å². The first-order chi connectivity index (χ1) is 15.0. The van der Waals surface area contributed by atoms with Gasteiger partial charge in [0.25, 0.3) is 5.79 Å². The van der Waals surface area contributed by atoms with Crippen LogP contribution >= 0.6 is 27.5 Å². The summed E-state index contributed by atoms with van der Waals surface area (Å²) >= 11 is 9.58. The molecule has 6 N–H and O–H groups in total. The largest absolute Gasteiger partial charge is 1.00 e. The minimum atomic E-state index is -2.63. The van der Waals surface area contributed by atoms with Gasteiger partial charge in [0, 0.05) is 24.0 Å². The molecule has 1 saturated heterocycles. The van der Waals surface area contributed by atoms with E-state index >= 15 is 0 Å². The Labute approximate surface area is 223 Å². The number of halogens is 2. The van der Waals surface area contributed by atoms with Crippen molar-refractivity contribution >= 4 is 50.3 Å². The van der Waals surface area contributed by atoms with Crippen LogP contribution in [0.3, 0.4) is 0 Å². The number of hydrogen-bond acceptors (Lipinski definition) is 9. The number of nitrogens with one attached hydrogen (secondary N) is 2. The average molecular weight is 560 g/mol. The van der Waals surface area contributed by atoms with E-state index in [-0.39, 0.29) is 40.3 Å². The standard InChI is InChI=1S/C19H22BrClN2O9.Na/c1-7(25)23-15-10(26)4-19(18(29)30,32-17(15)16(28)11(27)6-24)31-12-5-22-9-3-2-8(20)14(21)13(9)12;/h2-3,5,10-11,15-17,22,24,26-28H,4,6H2,1H3,(H,23,25)(H,29,30);/q;+1/p-1. The Morgan fingerprint density at radius 2 is 2.12 bits per heavy atom. The van der Waals surface area contributed by atoms with Gasteiger partial charge in [0.1, 0.15) is 30.0 Å². The molecule has 0 saturated carbocycles. The number of H-pyrrole nitrogens is 1. The molecule has 1 amide bonds. The Kier molecular flexibility index (Phi) is 9.61. The van der Waals surface area contributed by atoms with Crippen LogP contribution in [0.4, 0.5) is 0 Å². The molecular weight excluding hydrogens is 539 g/mol. The van der Waals surface area contributed by atoms with E-state index in [9.17, 15) is 35.1 Å². The van der Waals surface area contributed by atoms with Crippen molar-refractivity contribution in [2.45, 2.75) is 49.6 Å². The van der Waals surface area contributed by atoms with Gasteiger partial charge in [-0.05, 0) is 28.1 Å². The second-order valence-electron chi connectivity index (χ2n) is 7.40. The number of aromatic amines is 1. The van der Waals surface area contributed by atoms with Crippen LogP contribution in [0.15, 0.2) is 22.8 Å². The molecule has 1 aromatic carbocycles. The number of carbonyl (C=O) groups excluding carboxylic acids is 2. The summed E-state index contributed by atoms with van der Waals surface area (Å²) < 4.78 is 11.7. The Bertz CT molecular complexity index is 1020. The zero-order chi connectivity index (χ0) is 23.8. The van der Waals surface area contributed by atoms with Crippen molar-refractivity contribution in [1.82, 2.24) is 10.3 Å². The van der Waals surface area contributed by atoms with Crippen molar-refractivity contribution in [3.05, 3.63) is 27.8 Å². The summed E-state index contributed by atoms with van der Waals surface area (Å²) in [7, 11) is 0. The third kappa shape index (κ3) is 5.67. The van der Waals surface area contributed by atoms with E-state index in [1.807, 2.05) is 0 Å². The van der Waals surface area contributed by atoms with E-state index < -0.39 is 61.1 Å². The van der Waals surface area contributed by atoms with Crippen LogP contribution in [0, 0.1) is 0 Å². The van der Waals surface area contributed by atoms with Crippen molar-refractivity contribution < 1.29 is 74.2 Å². The number of aliphatic hydroxyl groups excluding tert-OH is 4. The number of ether oxygens (including phenoxy) is 2. The predicted molar refractivity (Wildman–Crippen MR) is 112 cm³/mol. The Hall–Kier alpha value is -0.930. The number of aliphatic hydroxyl groups is 4. The van der Waals surface area contributed by atoms with E-state index in [4.69, 9.17) is 21.1 Å². The zero-order valence-electron chi connectivity index (χ0n) is 17.6. The van der Waals surface area contributed by atoms with E-state index in [0.29, 0.717) is 15.4 Å². The first-order valence-corrected chi connectivity index (χ1v) is 10.6. The van der Waals surface area contributed by atoms with Crippen LogP contribution in [0.2, 0.25) is 5.02 Å². The van der Waals surface area contributed by atoms with Crippen LogP contribution in [0.1, 0.15) is 13.3 Å². The number of aliphatic carboxylic acids is 1. The summed E-state index contributed by atoms with van der Waals surface area (Å²) in [6.45, 7) is 0.247. The van der Waals surface area contributed by atoms with E-state index in [2.05, 4.69) is 26.2 Å². The van der Waals surface area contributed by atoms with Gasteiger partial charge in [-0.25, -0.2) is 0 Å². The molecular formula is C19H21BrClN2NaO9. The van der Waals surface area contributed by atoms with Crippen LogP contribution in [0.5, 0.6) is 5.75 Å². The van der Waals surface area contributed by atoms with E-state index in [1.54, 1.807) is 12.1 Å². The number of aromatic nitrogens is 1. The summed E-state index contributed by atoms with van der Waals surface area (Å²) in [5.74, 6) is -5.16. The second-order valence-corrected chi connectivity index (χ2v) is 8.63. The van der Waals surface area contributed by atoms with Crippen LogP contribution in [-0.4, -0.2) is 80.1 Å². The number of benzene rings is 1. The number of carbonyl (C=O) groups is 2. The van der Waals surface area contributed by atoms with Crippen molar-refractivity contribution in [3.8, 4) is 5.75 Å². The van der Waals surface area contributed by atoms with E-state index in [0.717, 1.165) is 6.92 Å². The van der Waals surface area contributed by atoms with Crippen molar-refractivity contribution in [1.29, 1.82) is 0 Å². The molecule has 0 spiro atoms. The molecule has 33 heavy (non-hydrogen) atoms. The summed E-state index contributed by atoms with van der Waals surface area (Å²) in [4.78, 5) is 26.6. The van der Waals surface area contributed by atoms with Gasteiger partial charge < -0.3 is 50.1 Å². The molecule has 176 valence electrons. The van der Waals surface area contributed by atoms with Crippen LogP contribution < -0.4 is 44.7 Å². The Morgan fingerprint density at radius 3 is 2.70 bits per heavy atom. The van der Waals surface area contributed by atoms with Gasteiger partial charge >= 0.3 is 29.6 Å². The molecule has 1 fully saturated rings. The first-order valence-electron chi connectivity index (χ1n) is 9.46. The molecule has 11 nitrogen and oxygen atoms in total. The molecule has 2 aromatic rings. The molecule has 3 rings (SSSR count). The minimum absolute atomic E-state index is 0. The second kappa shape index (κ2) is 11.2. The number of carboxylic acids is 1. The minimum Gasteiger partial charge on any atom is -0.543 e. The van der Waals surface area contributed by atoms with Crippen molar-refractivity contribution in [2.75, 3.05) is 6.61 Å². The number of fused-ring (bicyclic) bond motifs is 1. The number of carboxylic acid groups (broad SMARTS) is 1. The SMILES string of the molecule is CC(=O)NC1C(O)CC(Oc2c[nH]c3ccc(Br)c(Cl)c23)(C(=O)[O-])OC1C(O)C(O)CO.[Na+]. The van der Waals surface area contributed by atoms with E-state index in [1.165, 1.54) is 6.20 Å². The zero-order valence-corrected chi connectivity index (χ0v) is 22.0. The van der Waals surface area contributed by atoms with Gasteiger partial charge in [-0.3, -0.25) is 4.79 Å². The summed E-state index contributed by atoms with van der Waals surface area (Å²) in [5.41, 5.74) is 0.515. The number of hydrogen-bond donors (Lipinski definition) is 6. The van der Waals surface area contributed by atoms with Crippen LogP contribution in [-0.2, 0) is 14.3 Å². The number of amides is 1. The third-order valence-electron chi connectivity index (χ3n) is 5.15. The molecule has 0 bridgehead atoms. The van der Waals surface area contributed by atoms with Crippen LogP contribution in [0.25, 0.3) is 10.9 Å². The summed E-state index contributed by atoms with van der Waals surface area (Å²) in [6.07, 6.45) is -6.30. The molecule has 6 unspecified atom stereocenters. The molecule has 1 aromatic heterocycles. The first kappa shape index (κ1) is 28.3. The average Bonchev–Trinajstić information content (AvgIpc) is 3.14. The monoisotopic (exact) mass is 558 g/mol. The maximum absolute atomic E-state index is 12.2. The van der Waals surface area contributed by atoms with Gasteiger partial charge in [-0.2, -0.15) is 0 Å². The van der Waals surface area contributed by atoms with Gasteiger partial charge in [-0.15, -0.1) is 0 Å². The molecule has 0 radical (unpaired) electrons. The molecule has 2 heterocycles. The molecule has 6 atom stereocenters. The van der Waals surface area contributed by atoms with Crippen molar-refractivity contribution in [2.24, 2.45) is 0 Å². The Morgan fingerprint density at radius 1 is 1.45 bits per heavy atom. The van der Waals surface area contributed by atoms with Gasteiger partial charge in [-0.1, -0.05) is 11.6 Å². The quantitative estimate of drug-likeness (QED) is 0.183. The molecule has 1 aliphatic heterocycles. The molecule has 14 heteroatoms. The smallest absolute Gasteiger partial charge is 0.543 e. The number of rotatable bonds is 7. The third-order valence-corrected chi connectivity index (χ3v) is 6.43. The predicted octanol–water partition coefficient (Wildman–Crippen LogP) is -4.22. The normalized spacial score (nSPS) is 26.8. The fraction of sp³-hybridized carbons (Fsp3) is 0.474. The molecule has 1 aliphatic rings. The van der Waals surface area contributed by atoms with Gasteiger partial charge in [0.05, 0.1) is 34.7 Å². The summed E-state index contributed by atoms with van der Waals surface area (Å²) in [5, 5.41) is 55.2. The molecule has 0 aliphatic carbocycles. The maximum atomic E-state index is 12.2. The maximum Gasteiger partial charge on any atom is 1.00 e. The van der Waals surface area contributed by atoms with Crippen molar-refractivity contribution in [3.63, 3.8) is 0 Å².